The van der Waals surface area contributed by atoms with Crippen molar-refractivity contribution in [3.8, 4) is 17.2 Å². The van der Waals surface area contributed by atoms with Crippen molar-refractivity contribution in [2.45, 2.75) is 13.8 Å². The summed E-state index contributed by atoms with van der Waals surface area (Å²) in [6.07, 6.45) is 0. The van der Waals surface area contributed by atoms with Gasteiger partial charge in [0.25, 0.3) is 0 Å². The topological polar surface area (TPSA) is 118 Å². The van der Waals surface area contributed by atoms with Gasteiger partial charge in [-0.2, -0.15) is 0 Å². The maximum Gasteiger partial charge on any atom is 0.308 e. The first-order valence-corrected chi connectivity index (χ1v) is 9.28. The van der Waals surface area contributed by atoms with Gasteiger partial charge < -0.3 is 9.47 Å². The predicted octanol–water partition coefficient (Wildman–Crippen LogP) is 5.43. The van der Waals surface area contributed by atoms with E-state index in [-0.39, 0.29) is 39.4 Å². The van der Waals surface area contributed by atoms with Crippen molar-refractivity contribution in [1.82, 2.24) is 0 Å². The van der Waals surface area contributed by atoms with Crippen LogP contribution in [0.15, 0.2) is 59.7 Å². The van der Waals surface area contributed by atoms with Gasteiger partial charge in [-0.05, 0) is 24.6 Å². The lowest BCUT2D eigenvalue weighted by molar-refractivity contribution is -0.131. The van der Waals surface area contributed by atoms with E-state index >= 15 is 0 Å². The average Bonchev–Trinajstić information content (AvgIpc) is 2.75. The molecule has 152 valence electrons. The molecule has 0 unspecified atom stereocenters. The van der Waals surface area contributed by atoms with Gasteiger partial charge in [0.1, 0.15) is 17.2 Å². The number of azide groups is 1. The molecule has 0 saturated carbocycles. The number of rotatable bonds is 4. The zero-order valence-electron chi connectivity index (χ0n) is 16.6. The number of aryl methyl sites for hydroxylation is 1. The fourth-order valence-electron chi connectivity index (χ4n) is 3.41. The van der Waals surface area contributed by atoms with Crippen molar-refractivity contribution in [3.63, 3.8) is 0 Å². The minimum Gasteiger partial charge on any atom is -0.457 e. The second-order valence-electron chi connectivity index (χ2n) is 6.87. The number of hydrogen-bond acceptors (Lipinski definition) is 6. The summed E-state index contributed by atoms with van der Waals surface area (Å²) in [5.74, 6) is -1.48. The lowest BCUT2D eigenvalue weighted by atomic mass is 9.82. The highest BCUT2D eigenvalue weighted by Crippen LogP contribution is 2.46. The van der Waals surface area contributed by atoms with Crippen LogP contribution in [0.5, 0.6) is 17.2 Å². The van der Waals surface area contributed by atoms with Crippen LogP contribution in [0.25, 0.3) is 10.4 Å². The molecule has 3 aromatic rings. The van der Waals surface area contributed by atoms with Gasteiger partial charge in [-0.25, -0.2) is 0 Å². The van der Waals surface area contributed by atoms with Crippen molar-refractivity contribution in [1.29, 1.82) is 0 Å². The van der Waals surface area contributed by atoms with Crippen LogP contribution < -0.4 is 9.47 Å². The minimum absolute atomic E-state index is 0.0165. The Morgan fingerprint density at radius 1 is 0.935 bits per heavy atom. The van der Waals surface area contributed by atoms with Gasteiger partial charge in [0.05, 0.1) is 16.8 Å². The van der Waals surface area contributed by atoms with E-state index in [1.807, 2.05) is 19.1 Å². The van der Waals surface area contributed by atoms with E-state index in [2.05, 4.69) is 10.0 Å². The van der Waals surface area contributed by atoms with E-state index in [0.717, 1.165) is 5.56 Å². The highest BCUT2D eigenvalue weighted by Gasteiger charge is 2.36. The SMILES string of the molecule is CC(=O)Oc1cc(Oc2ccc(C)cc2)c(N=[N+]=[N-])c2c1C(=O)c1ccccc1C2=O. The molecule has 0 spiro atoms. The molecule has 0 atom stereocenters. The number of nitrogens with zero attached hydrogens (tertiary/aromatic N) is 3. The number of ether oxygens (including phenoxy) is 2. The maximum absolute atomic E-state index is 13.3. The summed E-state index contributed by atoms with van der Waals surface area (Å²) in [4.78, 5) is 41.0. The van der Waals surface area contributed by atoms with Crippen LogP contribution in [0.1, 0.15) is 44.3 Å². The molecule has 0 aliphatic heterocycles. The van der Waals surface area contributed by atoms with Gasteiger partial charge in [-0.3, -0.25) is 14.4 Å². The zero-order valence-corrected chi connectivity index (χ0v) is 16.6. The largest absolute Gasteiger partial charge is 0.457 e. The Labute approximate surface area is 176 Å². The van der Waals surface area contributed by atoms with Gasteiger partial charge in [-0.1, -0.05) is 47.1 Å². The first-order valence-electron chi connectivity index (χ1n) is 9.28. The van der Waals surface area contributed by atoms with Crippen molar-refractivity contribution in [2.24, 2.45) is 5.11 Å². The van der Waals surface area contributed by atoms with Gasteiger partial charge in [0.15, 0.2) is 11.6 Å². The zero-order chi connectivity index (χ0) is 22.1. The van der Waals surface area contributed by atoms with Gasteiger partial charge in [0, 0.05) is 29.0 Å². The molecule has 0 N–H and O–H groups in total. The second-order valence-corrected chi connectivity index (χ2v) is 6.87. The Hall–Kier alpha value is -4.42. The number of carbonyl (C=O) groups is 3. The normalized spacial score (nSPS) is 11.8. The molecular formula is C23H15N3O5. The number of hydrogen-bond donors (Lipinski definition) is 0. The number of carbonyl (C=O) groups excluding carboxylic acids is 3. The van der Waals surface area contributed by atoms with E-state index in [1.54, 1.807) is 24.3 Å². The summed E-state index contributed by atoms with van der Waals surface area (Å²) in [6, 6.07) is 14.6. The van der Waals surface area contributed by atoms with Crippen molar-refractivity contribution < 1.29 is 23.9 Å². The van der Waals surface area contributed by atoms with Gasteiger partial charge in [0.2, 0.25) is 0 Å². The molecular weight excluding hydrogens is 398 g/mol. The molecule has 0 saturated heterocycles. The summed E-state index contributed by atoms with van der Waals surface area (Å²) in [6.45, 7) is 3.09. The van der Waals surface area contributed by atoms with E-state index in [0.29, 0.717) is 5.75 Å². The number of benzene rings is 3. The Morgan fingerprint density at radius 3 is 2.13 bits per heavy atom. The highest BCUT2D eigenvalue weighted by atomic mass is 16.5. The molecule has 0 fully saturated rings. The van der Waals surface area contributed by atoms with Crippen LogP contribution in [-0.4, -0.2) is 17.5 Å². The lowest BCUT2D eigenvalue weighted by Crippen LogP contribution is -2.23. The van der Waals surface area contributed by atoms with Gasteiger partial charge >= 0.3 is 5.97 Å². The highest BCUT2D eigenvalue weighted by molar-refractivity contribution is 6.31. The quantitative estimate of drug-likeness (QED) is 0.145. The summed E-state index contributed by atoms with van der Waals surface area (Å²) in [5, 5.41) is 3.65. The fraction of sp³-hybridized carbons (Fsp3) is 0.0870. The van der Waals surface area contributed by atoms with Crippen LogP contribution >= 0.6 is 0 Å². The summed E-state index contributed by atoms with van der Waals surface area (Å²) >= 11 is 0. The molecule has 0 amide bonds. The summed E-state index contributed by atoms with van der Waals surface area (Å²) in [5.41, 5.74) is 10.0. The Kier molecular flexibility index (Phi) is 4.99. The fourth-order valence-corrected chi connectivity index (χ4v) is 3.41. The monoisotopic (exact) mass is 413 g/mol. The first kappa shape index (κ1) is 19.9. The van der Waals surface area contributed by atoms with E-state index in [4.69, 9.17) is 15.0 Å². The minimum atomic E-state index is -0.681. The van der Waals surface area contributed by atoms with Crippen LogP contribution in [-0.2, 0) is 4.79 Å². The molecule has 0 aromatic heterocycles. The molecule has 4 rings (SSSR count). The van der Waals surface area contributed by atoms with Crippen molar-refractivity contribution >= 4 is 23.2 Å². The first-order chi connectivity index (χ1) is 14.9. The number of fused-ring (bicyclic) bond motifs is 2. The molecule has 1 aliphatic carbocycles. The summed E-state index contributed by atoms with van der Waals surface area (Å²) in [7, 11) is 0. The number of esters is 1. The van der Waals surface area contributed by atoms with Gasteiger partial charge in [-0.15, -0.1) is 0 Å². The van der Waals surface area contributed by atoms with Crippen LogP contribution in [0.2, 0.25) is 0 Å². The van der Waals surface area contributed by atoms with E-state index in [9.17, 15) is 14.4 Å². The third-order valence-electron chi connectivity index (χ3n) is 4.75. The average molecular weight is 413 g/mol. The van der Waals surface area contributed by atoms with Crippen molar-refractivity contribution in [3.05, 3.63) is 92.9 Å². The van der Waals surface area contributed by atoms with E-state index < -0.39 is 17.5 Å². The second kappa shape index (κ2) is 7.78. The molecule has 0 bridgehead atoms. The van der Waals surface area contributed by atoms with Crippen LogP contribution in [0, 0.1) is 6.92 Å². The van der Waals surface area contributed by atoms with E-state index in [1.165, 1.54) is 25.1 Å². The smallest absolute Gasteiger partial charge is 0.308 e. The molecule has 0 radical (unpaired) electrons. The Balaban J connectivity index is 2.00. The van der Waals surface area contributed by atoms with Crippen molar-refractivity contribution in [2.75, 3.05) is 0 Å². The van der Waals surface area contributed by atoms with Crippen LogP contribution in [0.3, 0.4) is 0 Å². The molecule has 8 heteroatoms. The molecule has 1 aliphatic rings. The molecule has 3 aromatic carbocycles. The summed E-state index contributed by atoms with van der Waals surface area (Å²) < 4.78 is 11.1. The maximum atomic E-state index is 13.3. The number of ketones is 2. The van der Waals surface area contributed by atoms with Crippen LogP contribution in [0.4, 0.5) is 5.69 Å². The Morgan fingerprint density at radius 2 is 1.55 bits per heavy atom. The molecule has 0 heterocycles. The third-order valence-corrected chi connectivity index (χ3v) is 4.75. The Bertz CT molecular complexity index is 1310. The lowest BCUT2D eigenvalue weighted by Gasteiger charge is -2.23. The third kappa shape index (κ3) is 3.52. The molecule has 31 heavy (non-hydrogen) atoms. The standard InChI is InChI=1S/C23H15N3O5/c1-12-7-9-14(10-8-12)31-18-11-17(30-13(2)27)19-20(21(18)25-26-24)23(29)16-6-4-3-5-15(16)22(19)28/h3-11H,1-2H3. The predicted molar refractivity (Wildman–Crippen MR) is 111 cm³/mol. The molecule has 8 nitrogen and oxygen atoms in total.